The van der Waals surface area contributed by atoms with E-state index >= 15 is 0 Å². The van der Waals surface area contributed by atoms with E-state index in [1.807, 2.05) is 11.8 Å². The molecular formula is C19H29N3O5S. The number of hydrogen-bond acceptors (Lipinski definition) is 6. The van der Waals surface area contributed by atoms with Gasteiger partial charge in [0.25, 0.3) is 5.91 Å². The number of amides is 1. The van der Waals surface area contributed by atoms with Gasteiger partial charge >= 0.3 is 5.97 Å². The number of carbonyl (C=O) groups excluding carboxylic acids is 2. The van der Waals surface area contributed by atoms with Gasteiger partial charge in [-0.15, -0.1) is 0 Å². The van der Waals surface area contributed by atoms with Gasteiger partial charge in [0.05, 0.1) is 16.1 Å². The van der Waals surface area contributed by atoms with Gasteiger partial charge < -0.3 is 15.0 Å². The van der Waals surface area contributed by atoms with Crippen LogP contribution in [0.5, 0.6) is 0 Å². The van der Waals surface area contributed by atoms with Gasteiger partial charge in [0, 0.05) is 33.7 Å². The summed E-state index contributed by atoms with van der Waals surface area (Å²) in [6, 6.07) is 4.47. The van der Waals surface area contributed by atoms with Gasteiger partial charge in [-0.1, -0.05) is 6.92 Å². The Morgan fingerprint density at radius 2 is 1.89 bits per heavy atom. The molecule has 9 heteroatoms. The van der Waals surface area contributed by atoms with Crippen molar-refractivity contribution in [3.63, 3.8) is 0 Å². The third kappa shape index (κ3) is 5.02. The van der Waals surface area contributed by atoms with Gasteiger partial charge in [-0.05, 0) is 44.4 Å². The van der Waals surface area contributed by atoms with Crippen LogP contribution in [0.15, 0.2) is 23.1 Å². The molecule has 8 nitrogen and oxygen atoms in total. The molecule has 1 aromatic carbocycles. The zero-order chi connectivity index (χ0) is 20.9. The molecule has 0 radical (unpaired) electrons. The smallest absolute Gasteiger partial charge is 0.341 e. The van der Waals surface area contributed by atoms with Crippen molar-refractivity contribution < 1.29 is 22.7 Å². The third-order valence-corrected chi connectivity index (χ3v) is 6.43. The minimum atomic E-state index is -3.70. The standard InChI is InChI=1S/C19H29N3O5S/c1-5-10-20-18(23)14(2)27-19(24)16-13-15(28(25,26)21(3)4)8-9-17(16)22-11-6-7-12-22/h8-9,13-14H,5-7,10-12H2,1-4H3,(H,20,23)/t14-/m0/s1. The van der Waals surface area contributed by atoms with Crippen LogP contribution >= 0.6 is 0 Å². The average Bonchev–Trinajstić information content (AvgIpc) is 3.19. The lowest BCUT2D eigenvalue weighted by Gasteiger charge is -2.23. The molecule has 0 aliphatic carbocycles. The quantitative estimate of drug-likeness (QED) is 0.653. The van der Waals surface area contributed by atoms with E-state index in [0.717, 1.165) is 36.7 Å². The predicted molar refractivity (Wildman–Crippen MR) is 107 cm³/mol. The lowest BCUT2D eigenvalue weighted by atomic mass is 10.1. The van der Waals surface area contributed by atoms with E-state index in [0.29, 0.717) is 12.2 Å². The number of sulfonamides is 1. The highest BCUT2D eigenvalue weighted by Crippen LogP contribution is 2.29. The minimum absolute atomic E-state index is 0.00971. The van der Waals surface area contributed by atoms with Crippen molar-refractivity contribution in [1.29, 1.82) is 0 Å². The number of ether oxygens (including phenoxy) is 1. The fourth-order valence-corrected chi connectivity index (χ4v) is 3.88. The fraction of sp³-hybridized carbons (Fsp3) is 0.579. The minimum Gasteiger partial charge on any atom is -0.449 e. The number of benzene rings is 1. The van der Waals surface area contributed by atoms with Crippen LogP contribution in [0.3, 0.4) is 0 Å². The van der Waals surface area contributed by atoms with E-state index in [2.05, 4.69) is 5.32 Å². The van der Waals surface area contributed by atoms with Crippen LogP contribution in [0.25, 0.3) is 0 Å². The average molecular weight is 412 g/mol. The highest BCUT2D eigenvalue weighted by atomic mass is 32.2. The van der Waals surface area contributed by atoms with Crippen molar-refractivity contribution in [3.8, 4) is 0 Å². The number of nitrogens with one attached hydrogen (secondary N) is 1. The second-order valence-corrected chi connectivity index (χ2v) is 9.15. The summed E-state index contributed by atoms with van der Waals surface area (Å²) in [6.07, 6.45) is 1.81. The van der Waals surface area contributed by atoms with Crippen LogP contribution in [0, 0.1) is 0 Å². The summed E-state index contributed by atoms with van der Waals surface area (Å²) in [6.45, 7) is 5.49. The second kappa shape index (κ2) is 9.38. The molecule has 0 aromatic heterocycles. The van der Waals surface area contributed by atoms with Gasteiger partial charge in [-0.25, -0.2) is 17.5 Å². The predicted octanol–water partition coefficient (Wildman–Crippen LogP) is 1.61. The lowest BCUT2D eigenvalue weighted by Crippen LogP contribution is -2.36. The monoisotopic (exact) mass is 411 g/mol. The Hall–Kier alpha value is -2.13. The van der Waals surface area contributed by atoms with Gasteiger partial charge in [0.2, 0.25) is 10.0 Å². The summed E-state index contributed by atoms with van der Waals surface area (Å²) < 4.78 is 31.4. The molecule has 2 rings (SSSR count). The summed E-state index contributed by atoms with van der Waals surface area (Å²) in [5.74, 6) is -1.09. The SMILES string of the molecule is CCCNC(=O)[C@H](C)OC(=O)c1cc(S(=O)(=O)N(C)C)ccc1N1CCCC1. The zero-order valence-electron chi connectivity index (χ0n) is 16.9. The molecule has 156 valence electrons. The largest absolute Gasteiger partial charge is 0.449 e. The highest BCUT2D eigenvalue weighted by molar-refractivity contribution is 7.89. The Balaban J connectivity index is 2.35. The Labute approximate surface area is 166 Å². The molecule has 0 saturated carbocycles. The fourth-order valence-electron chi connectivity index (χ4n) is 2.95. The molecular weight excluding hydrogens is 382 g/mol. The van der Waals surface area contributed by atoms with Gasteiger partial charge in [0.1, 0.15) is 0 Å². The number of carbonyl (C=O) groups is 2. The van der Waals surface area contributed by atoms with Crippen molar-refractivity contribution in [2.75, 3.05) is 38.6 Å². The summed E-state index contributed by atoms with van der Waals surface area (Å²) in [4.78, 5) is 26.9. The lowest BCUT2D eigenvalue weighted by molar-refractivity contribution is -0.129. The Morgan fingerprint density at radius 1 is 1.25 bits per heavy atom. The molecule has 1 aliphatic heterocycles. The van der Waals surface area contributed by atoms with E-state index < -0.39 is 22.1 Å². The summed E-state index contributed by atoms with van der Waals surface area (Å²) >= 11 is 0. The van der Waals surface area contributed by atoms with E-state index in [9.17, 15) is 18.0 Å². The molecule has 1 N–H and O–H groups in total. The first kappa shape index (κ1) is 22.2. The van der Waals surface area contributed by atoms with Crippen molar-refractivity contribution >= 4 is 27.6 Å². The van der Waals surface area contributed by atoms with Crippen molar-refractivity contribution in [1.82, 2.24) is 9.62 Å². The van der Waals surface area contributed by atoms with Crippen molar-refractivity contribution in [2.24, 2.45) is 0 Å². The molecule has 1 amide bonds. The Kier molecular flexibility index (Phi) is 7.42. The molecule has 1 atom stereocenters. The maximum Gasteiger partial charge on any atom is 0.341 e. The molecule has 1 saturated heterocycles. The highest BCUT2D eigenvalue weighted by Gasteiger charge is 2.27. The molecule has 1 fully saturated rings. The van der Waals surface area contributed by atoms with Crippen molar-refractivity contribution in [3.05, 3.63) is 23.8 Å². The first-order chi connectivity index (χ1) is 13.2. The Bertz CT molecular complexity index is 817. The molecule has 0 bridgehead atoms. The zero-order valence-corrected chi connectivity index (χ0v) is 17.7. The van der Waals surface area contributed by atoms with Crippen LogP contribution in [-0.2, 0) is 19.6 Å². The normalized spacial score (nSPS) is 15.5. The number of anilines is 1. The third-order valence-electron chi connectivity index (χ3n) is 4.62. The molecule has 1 aromatic rings. The maximum atomic E-state index is 12.8. The van der Waals surface area contributed by atoms with E-state index in [-0.39, 0.29) is 16.4 Å². The number of nitrogens with zero attached hydrogens (tertiary/aromatic N) is 2. The summed E-state index contributed by atoms with van der Waals surface area (Å²) in [7, 11) is -0.837. The molecule has 0 spiro atoms. The van der Waals surface area contributed by atoms with Crippen LogP contribution < -0.4 is 10.2 Å². The number of hydrogen-bond donors (Lipinski definition) is 1. The summed E-state index contributed by atoms with van der Waals surface area (Å²) in [5, 5.41) is 2.68. The maximum absolute atomic E-state index is 12.8. The second-order valence-electron chi connectivity index (χ2n) is 7.00. The van der Waals surface area contributed by atoms with Gasteiger partial charge in [0.15, 0.2) is 6.10 Å². The molecule has 0 unspecified atom stereocenters. The van der Waals surface area contributed by atoms with Crippen molar-refractivity contribution in [2.45, 2.75) is 44.1 Å². The van der Waals surface area contributed by atoms with Gasteiger partial charge in [-0.2, -0.15) is 0 Å². The Morgan fingerprint density at radius 3 is 2.46 bits per heavy atom. The molecule has 1 heterocycles. The van der Waals surface area contributed by atoms with Crippen LogP contribution in [0.4, 0.5) is 5.69 Å². The molecule has 28 heavy (non-hydrogen) atoms. The van der Waals surface area contributed by atoms with E-state index in [1.54, 1.807) is 6.07 Å². The van der Waals surface area contributed by atoms with Gasteiger partial charge in [-0.3, -0.25) is 4.79 Å². The summed E-state index contributed by atoms with van der Waals surface area (Å²) in [5.41, 5.74) is 0.779. The molecule has 1 aliphatic rings. The first-order valence-electron chi connectivity index (χ1n) is 9.48. The number of rotatable bonds is 8. The van der Waals surface area contributed by atoms with Crippen LogP contribution in [0.2, 0.25) is 0 Å². The van der Waals surface area contributed by atoms with Crippen LogP contribution in [0.1, 0.15) is 43.5 Å². The van der Waals surface area contributed by atoms with E-state index in [4.69, 9.17) is 4.74 Å². The van der Waals surface area contributed by atoms with Crippen LogP contribution in [-0.4, -0.2) is 64.4 Å². The topological polar surface area (TPSA) is 96.0 Å². The number of esters is 1. The van der Waals surface area contributed by atoms with E-state index in [1.165, 1.54) is 33.2 Å². The first-order valence-corrected chi connectivity index (χ1v) is 10.9.